The number of aromatic nitrogens is 2. The Morgan fingerprint density at radius 2 is 2.10 bits per heavy atom. The number of fused-ring (bicyclic) bond motifs is 1. The Labute approximate surface area is 132 Å². The molecule has 1 N–H and O–H groups in total. The molecule has 3 rings (SSSR count). The highest BCUT2D eigenvalue weighted by molar-refractivity contribution is 8.14. The third-order valence-electron chi connectivity index (χ3n) is 3.45. The maximum atomic E-state index is 12.4. The predicted octanol–water partition coefficient (Wildman–Crippen LogP) is 4.30. The Morgan fingerprint density at radius 3 is 2.76 bits per heavy atom. The van der Waals surface area contributed by atoms with Crippen molar-refractivity contribution in [2.75, 3.05) is 0 Å². The van der Waals surface area contributed by atoms with Gasteiger partial charge in [-0.1, -0.05) is 41.6 Å². The number of H-pyrrole nitrogens is 1. The Hall–Kier alpha value is -1.46. The van der Waals surface area contributed by atoms with Crippen molar-refractivity contribution in [1.29, 1.82) is 0 Å². The third kappa shape index (κ3) is 2.45. The first-order valence-electron chi connectivity index (χ1n) is 6.79. The predicted molar refractivity (Wildman–Crippen MR) is 89.1 cm³/mol. The maximum Gasteiger partial charge on any atom is 0.271 e. The van der Waals surface area contributed by atoms with E-state index in [9.17, 15) is 4.79 Å². The molecule has 1 aliphatic rings. The number of aliphatic imine (C=N–C) groups is 1. The van der Waals surface area contributed by atoms with Gasteiger partial charge in [-0.05, 0) is 32.4 Å². The summed E-state index contributed by atoms with van der Waals surface area (Å²) < 4.78 is 1.82. The topological polar surface area (TPSA) is 50.1 Å². The van der Waals surface area contributed by atoms with E-state index in [-0.39, 0.29) is 16.9 Å². The Balaban J connectivity index is 2.23. The number of nitrogens with zero attached hydrogens (tertiary/aromatic N) is 2. The van der Waals surface area contributed by atoms with E-state index < -0.39 is 0 Å². The first kappa shape index (κ1) is 14.5. The van der Waals surface area contributed by atoms with Gasteiger partial charge in [-0.2, -0.15) is 0 Å². The molecule has 4 nitrogen and oxygen atoms in total. The van der Waals surface area contributed by atoms with E-state index in [1.54, 1.807) is 11.8 Å². The number of nitrogens with one attached hydrogen (secondary N) is 1. The van der Waals surface area contributed by atoms with Gasteiger partial charge in [0, 0.05) is 11.1 Å². The minimum Gasteiger partial charge on any atom is -0.268 e. The van der Waals surface area contributed by atoms with Crippen LogP contribution in [0.1, 0.15) is 43.2 Å². The van der Waals surface area contributed by atoms with Crippen LogP contribution < -0.4 is 5.56 Å². The lowest BCUT2D eigenvalue weighted by molar-refractivity contribution is 0.533. The van der Waals surface area contributed by atoms with E-state index in [4.69, 9.17) is 11.6 Å². The molecular formula is C15H16ClN3OS. The van der Waals surface area contributed by atoms with Gasteiger partial charge in [-0.15, -0.1) is 0 Å². The van der Waals surface area contributed by atoms with E-state index in [0.29, 0.717) is 10.6 Å². The molecule has 0 saturated carbocycles. The van der Waals surface area contributed by atoms with Crippen LogP contribution in [-0.2, 0) is 0 Å². The highest BCUT2D eigenvalue weighted by Crippen LogP contribution is 2.45. The van der Waals surface area contributed by atoms with E-state index in [2.05, 4.69) is 10.1 Å². The molecule has 0 aliphatic carbocycles. The molecule has 6 heteroatoms. The molecule has 21 heavy (non-hydrogen) atoms. The van der Waals surface area contributed by atoms with E-state index in [1.165, 1.54) is 0 Å². The van der Waals surface area contributed by atoms with Crippen molar-refractivity contribution in [3.05, 3.63) is 50.8 Å². The summed E-state index contributed by atoms with van der Waals surface area (Å²) in [7, 11) is 0. The number of thioether (sulfide) groups is 1. The van der Waals surface area contributed by atoms with E-state index >= 15 is 0 Å². The number of halogens is 1. The summed E-state index contributed by atoms with van der Waals surface area (Å²) in [6.07, 6.45) is 0. The fourth-order valence-electron chi connectivity index (χ4n) is 2.49. The van der Waals surface area contributed by atoms with Crippen LogP contribution in [0.2, 0.25) is 5.02 Å². The molecular weight excluding hydrogens is 306 g/mol. The maximum absolute atomic E-state index is 12.4. The molecule has 0 radical (unpaired) electrons. The molecule has 0 unspecified atom stereocenters. The first-order chi connectivity index (χ1) is 9.99. The fourth-order valence-corrected chi connectivity index (χ4v) is 3.94. The first-order valence-corrected chi connectivity index (χ1v) is 8.05. The summed E-state index contributed by atoms with van der Waals surface area (Å²) >= 11 is 7.89. The Morgan fingerprint density at radius 1 is 1.38 bits per heavy atom. The van der Waals surface area contributed by atoms with E-state index in [1.807, 2.05) is 49.7 Å². The molecule has 0 amide bonds. The van der Waals surface area contributed by atoms with Gasteiger partial charge in [0.15, 0.2) is 5.82 Å². The molecule has 2 aromatic rings. The van der Waals surface area contributed by atoms with Crippen LogP contribution in [0.3, 0.4) is 0 Å². The van der Waals surface area contributed by atoms with Crippen molar-refractivity contribution in [2.45, 2.75) is 32.1 Å². The molecule has 1 atom stereocenters. The van der Waals surface area contributed by atoms with Gasteiger partial charge in [0.25, 0.3) is 5.56 Å². The highest BCUT2D eigenvalue weighted by Gasteiger charge is 2.31. The van der Waals surface area contributed by atoms with Crippen LogP contribution in [0.25, 0.3) is 0 Å². The van der Waals surface area contributed by atoms with E-state index in [0.717, 1.165) is 16.4 Å². The van der Waals surface area contributed by atoms with Crippen molar-refractivity contribution >= 4 is 34.2 Å². The smallest absolute Gasteiger partial charge is 0.268 e. The Bertz CT molecular complexity index is 775. The zero-order valence-electron chi connectivity index (χ0n) is 12.1. The van der Waals surface area contributed by atoms with Crippen LogP contribution >= 0.6 is 23.4 Å². The summed E-state index contributed by atoms with van der Waals surface area (Å²) in [6, 6.07) is 7.80. The molecule has 0 bridgehead atoms. The molecule has 0 spiro atoms. The lowest BCUT2D eigenvalue weighted by atomic mass is 10.1. The lowest BCUT2D eigenvalue weighted by Gasteiger charge is -2.22. The summed E-state index contributed by atoms with van der Waals surface area (Å²) in [5.74, 6) is 0.719. The average Bonchev–Trinajstić information content (AvgIpc) is 2.76. The van der Waals surface area contributed by atoms with Crippen LogP contribution in [0, 0.1) is 0 Å². The second-order valence-electron chi connectivity index (χ2n) is 5.29. The summed E-state index contributed by atoms with van der Waals surface area (Å²) in [6.45, 7) is 6.00. The van der Waals surface area contributed by atoms with Gasteiger partial charge in [0.1, 0.15) is 0 Å². The van der Waals surface area contributed by atoms with Crippen LogP contribution in [0.15, 0.2) is 34.1 Å². The number of aromatic amines is 1. The molecule has 1 aromatic carbocycles. The van der Waals surface area contributed by atoms with Crippen molar-refractivity contribution in [3.8, 4) is 0 Å². The normalized spacial score (nSPS) is 17.8. The zero-order valence-corrected chi connectivity index (χ0v) is 13.6. The largest absolute Gasteiger partial charge is 0.271 e. The number of hydrogen-bond donors (Lipinski definition) is 1. The average molecular weight is 322 g/mol. The standard InChI is InChI=1S/C15H16ClN3OS/c1-8(2)19-14-12(15(20)18-19)13(21-9(3)17-14)10-6-4-5-7-11(10)16/h4-8,13H,1-3H3,(H,18,20)/t13-/m1/s1. The summed E-state index contributed by atoms with van der Waals surface area (Å²) in [5, 5.41) is 4.38. The minimum atomic E-state index is -0.116. The highest BCUT2D eigenvalue weighted by atomic mass is 35.5. The molecule has 1 aliphatic heterocycles. The lowest BCUT2D eigenvalue weighted by Crippen LogP contribution is -2.13. The van der Waals surface area contributed by atoms with Gasteiger partial charge in [0.2, 0.25) is 0 Å². The monoisotopic (exact) mass is 321 g/mol. The van der Waals surface area contributed by atoms with Crippen LogP contribution in [0.5, 0.6) is 0 Å². The number of benzene rings is 1. The fraction of sp³-hybridized carbons (Fsp3) is 0.333. The molecule has 1 aromatic heterocycles. The van der Waals surface area contributed by atoms with Gasteiger partial charge in [-0.3, -0.25) is 14.6 Å². The van der Waals surface area contributed by atoms with Crippen molar-refractivity contribution in [2.24, 2.45) is 4.99 Å². The van der Waals surface area contributed by atoms with Crippen LogP contribution in [-0.4, -0.2) is 14.8 Å². The SMILES string of the molecule is CC1=Nc2c(c(=O)[nH]n2C(C)C)[C@@H](c2ccccc2Cl)S1. The molecule has 0 saturated heterocycles. The quantitative estimate of drug-likeness (QED) is 0.896. The van der Waals surface area contributed by atoms with Crippen molar-refractivity contribution in [3.63, 3.8) is 0 Å². The molecule has 2 heterocycles. The van der Waals surface area contributed by atoms with Crippen LogP contribution in [0.4, 0.5) is 5.82 Å². The van der Waals surface area contributed by atoms with Gasteiger partial charge in [-0.25, -0.2) is 4.99 Å². The Kier molecular flexibility index (Phi) is 3.71. The second-order valence-corrected chi connectivity index (χ2v) is 7.00. The minimum absolute atomic E-state index is 0.0904. The van der Waals surface area contributed by atoms with Crippen molar-refractivity contribution in [1.82, 2.24) is 9.78 Å². The molecule has 110 valence electrons. The molecule has 0 fully saturated rings. The third-order valence-corrected chi connectivity index (χ3v) is 4.96. The summed E-state index contributed by atoms with van der Waals surface area (Å²) in [4.78, 5) is 17.0. The number of rotatable bonds is 2. The summed E-state index contributed by atoms with van der Waals surface area (Å²) in [5.41, 5.74) is 1.55. The zero-order chi connectivity index (χ0) is 15.1. The van der Waals surface area contributed by atoms with Gasteiger partial charge >= 0.3 is 0 Å². The number of hydrogen-bond acceptors (Lipinski definition) is 3. The van der Waals surface area contributed by atoms with Gasteiger partial charge in [0.05, 0.1) is 15.9 Å². The van der Waals surface area contributed by atoms with Gasteiger partial charge < -0.3 is 0 Å². The second kappa shape index (κ2) is 5.39. The van der Waals surface area contributed by atoms with Crippen molar-refractivity contribution < 1.29 is 0 Å².